The number of halogens is 12. The van der Waals surface area contributed by atoms with E-state index < -0.39 is 69.9 Å². The Morgan fingerprint density at radius 3 is 1.30 bits per heavy atom. The van der Waals surface area contributed by atoms with Crippen molar-refractivity contribution < 1.29 is 62.3 Å². The lowest BCUT2D eigenvalue weighted by molar-refractivity contribution is -0.144. The number of carbonyl (C=O) groups excluding carboxylic acids is 2. The van der Waals surface area contributed by atoms with Gasteiger partial charge in [-0.25, -0.2) is 4.90 Å². The van der Waals surface area contributed by atoms with Crippen LogP contribution in [0, 0.1) is 0 Å². The van der Waals surface area contributed by atoms with Crippen LogP contribution in [0.4, 0.5) is 58.4 Å². The molecule has 0 aliphatic carbocycles. The van der Waals surface area contributed by atoms with Gasteiger partial charge in [0.1, 0.15) is 0 Å². The van der Waals surface area contributed by atoms with Gasteiger partial charge >= 0.3 is 24.7 Å². The van der Waals surface area contributed by atoms with Crippen molar-refractivity contribution in [2.45, 2.75) is 24.7 Å². The Morgan fingerprint density at radius 1 is 0.375 bits per heavy atom. The number of hydrogen-bond acceptors (Lipinski definition) is 2. The van der Waals surface area contributed by atoms with Gasteiger partial charge in [0.05, 0.1) is 55.8 Å². The predicted octanol–water partition coefficient (Wildman–Crippen LogP) is 14.7. The summed E-state index contributed by atoms with van der Waals surface area (Å²) in [6, 6.07) is 28.9. The summed E-state index contributed by atoms with van der Waals surface area (Å²) in [5.41, 5.74) is -8.61. The van der Waals surface area contributed by atoms with Crippen molar-refractivity contribution in [3.8, 4) is 39.1 Å². The van der Waals surface area contributed by atoms with Gasteiger partial charge in [-0.1, -0.05) is 97.1 Å². The van der Waals surface area contributed by atoms with E-state index in [1.54, 1.807) is 12.1 Å². The fourth-order valence-corrected chi connectivity index (χ4v) is 8.29. The highest BCUT2D eigenvalue weighted by Crippen LogP contribution is 2.49. The molecule has 0 saturated carbocycles. The summed E-state index contributed by atoms with van der Waals surface area (Å²) in [5, 5.41) is 0.0659. The lowest BCUT2D eigenvalue weighted by Gasteiger charge is -2.20. The zero-order valence-electron chi connectivity index (χ0n) is 32.1. The fourth-order valence-electron chi connectivity index (χ4n) is 8.29. The van der Waals surface area contributed by atoms with E-state index in [1.165, 1.54) is 54.6 Å². The number of carbonyl (C=O) groups is 2. The molecule has 0 saturated heterocycles. The molecule has 0 fully saturated rings. The van der Waals surface area contributed by atoms with Crippen molar-refractivity contribution in [1.29, 1.82) is 0 Å². The molecule has 2 amide bonds. The molecule has 0 radical (unpaired) electrons. The first-order valence-electron chi connectivity index (χ1n) is 19.0. The van der Waals surface area contributed by atoms with Crippen molar-refractivity contribution in [2.75, 3.05) is 4.90 Å². The van der Waals surface area contributed by atoms with E-state index in [-0.39, 0.29) is 67.6 Å². The number of para-hydroxylation sites is 2. The number of amides is 2. The molecule has 4 nitrogen and oxygen atoms in total. The molecule has 0 unspecified atom stereocenters. The van der Waals surface area contributed by atoms with Crippen LogP contribution in [0.15, 0.2) is 146 Å². The summed E-state index contributed by atoms with van der Waals surface area (Å²) in [5.74, 6) is -1.77. The monoisotopic (exact) mass is 888 g/mol. The average molecular weight is 889 g/mol. The van der Waals surface area contributed by atoms with Crippen LogP contribution in [0.1, 0.15) is 43.0 Å². The fraction of sp³-hybridized carbons (Fsp3) is 0.0833. The third-order valence-corrected chi connectivity index (χ3v) is 11.1. The topological polar surface area (TPSA) is 42.3 Å². The minimum absolute atomic E-state index is 0.0329. The van der Waals surface area contributed by atoms with Crippen molar-refractivity contribution >= 4 is 39.3 Å². The van der Waals surface area contributed by atoms with Gasteiger partial charge in [0.2, 0.25) is 0 Å². The van der Waals surface area contributed by atoms with E-state index in [2.05, 4.69) is 0 Å². The Morgan fingerprint density at radius 2 is 0.828 bits per heavy atom. The van der Waals surface area contributed by atoms with Crippen LogP contribution in [-0.4, -0.2) is 16.4 Å². The van der Waals surface area contributed by atoms with E-state index in [0.29, 0.717) is 24.3 Å². The number of anilines is 1. The van der Waals surface area contributed by atoms with Crippen LogP contribution < -0.4 is 4.90 Å². The van der Waals surface area contributed by atoms with Crippen LogP contribution in [0.25, 0.3) is 60.9 Å². The lowest BCUT2D eigenvalue weighted by atomic mass is 9.94. The van der Waals surface area contributed by atoms with E-state index in [9.17, 15) is 62.3 Å². The zero-order chi connectivity index (χ0) is 45.7. The van der Waals surface area contributed by atoms with Crippen molar-refractivity contribution in [1.82, 2.24) is 4.57 Å². The number of hydrogen-bond donors (Lipinski definition) is 0. The highest BCUT2D eigenvalue weighted by molar-refractivity contribution is 6.36. The van der Waals surface area contributed by atoms with Crippen molar-refractivity contribution in [3.63, 3.8) is 0 Å². The molecule has 9 rings (SSSR count). The number of alkyl halides is 12. The molecule has 0 bridgehead atoms. The number of imide groups is 1. The SMILES string of the molecule is O=C1c2cccc(-n3c4c(-c5ccc(C(F)(F)F)cc5C(F)(F)F)cccc4c4cccc(-c5ccc(C(F)(F)F)cc5C(F)(F)F)c43)c2C(=O)N1c1ccc(-c2ccccc2)cc1. The molecule has 322 valence electrons. The molecule has 1 aromatic heterocycles. The van der Waals surface area contributed by atoms with Crippen LogP contribution in [-0.2, 0) is 24.7 Å². The first-order valence-corrected chi connectivity index (χ1v) is 19.0. The molecule has 0 spiro atoms. The third kappa shape index (κ3) is 6.93. The predicted molar refractivity (Wildman–Crippen MR) is 215 cm³/mol. The van der Waals surface area contributed by atoms with Crippen molar-refractivity contribution in [3.05, 3.63) is 179 Å². The second-order valence-corrected chi connectivity index (χ2v) is 14.8. The summed E-state index contributed by atoms with van der Waals surface area (Å²) >= 11 is 0. The summed E-state index contributed by atoms with van der Waals surface area (Å²) < 4.78 is 173. The van der Waals surface area contributed by atoms with E-state index in [0.717, 1.165) is 32.7 Å². The Labute approximate surface area is 353 Å². The molecule has 1 aliphatic heterocycles. The highest BCUT2D eigenvalue weighted by Gasteiger charge is 2.43. The molecule has 2 heterocycles. The van der Waals surface area contributed by atoms with E-state index >= 15 is 0 Å². The van der Waals surface area contributed by atoms with Gasteiger partial charge in [-0.3, -0.25) is 9.59 Å². The maximum absolute atomic E-state index is 14.8. The highest BCUT2D eigenvalue weighted by atomic mass is 19.4. The number of fused-ring (bicyclic) bond motifs is 4. The summed E-state index contributed by atoms with van der Waals surface area (Å²) in [7, 11) is 0. The lowest BCUT2D eigenvalue weighted by Crippen LogP contribution is -2.29. The average Bonchev–Trinajstić information content (AvgIpc) is 3.73. The maximum Gasteiger partial charge on any atom is 0.417 e. The second-order valence-electron chi connectivity index (χ2n) is 14.8. The van der Waals surface area contributed by atoms with Crippen LogP contribution >= 0.6 is 0 Å². The summed E-state index contributed by atoms with van der Waals surface area (Å²) in [6.45, 7) is 0. The van der Waals surface area contributed by atoms with Crippen molar-refractivity contribution in [2.24, 2.45) is 0 Å². The van der Waals surface area contributed by atoms with E-state index in [1.807, 2.05) is 30.3 Å². The standard InChI is InChI=1S/C48H24F12N2O2/c49-45(50,51)27-17-21-30(37(23-27)47(55,56)57)32-9-4-11-34-35-12-5-10-33(31-22-18-28(46(52,53)54)24-38(31)48(58,59)60)42(35)62(41(32)34)39-14-6-13-36-40(39)44(64)61(43(36)63)29-19-15-26(16-20-29)25-7-2-1-3-8-25/h1-24H. The Bertz CT molecular complexity index is 3070. The molecule has 8 aromatic rings. The van der Waals surface area contributed by atoms with Crippen LogP contribution in [0.3, 0.4) is 0 Å². The van der Waals surface area contributed by atoms with Gasteiger partial charge in [-0.05, 0) is 70.8 Å². The molecule has 0 N–H and O–H groups in total. The molecule has 7 aromatic carbocycles. The van der Waals surface area contributed by atoms with Gasteiger partial charge < -0.3 is 4.57 Å². The smallest absolute Gasteiger partial charge is 0.307 e. The van der Waals surface area contributed by atoms with Crippen LogP contribution in [0.5, 0.6) is 0 Å². The van der Waals surface area contributed by atoms with Gasteiger partial charge in [0.25, 0.3) is 11.8 Å². The van der Waals surface area contributed by atoms with Crippen LogP contribution in [0.2, 0.25) is 0 Å². The Hall–Kier alpha value is -7.36. The molecule has 64 heavy (non-hydrogen) atoms. The third-order valence-electron chi connectivity index (χ3n) is 11.1. The quantitative estimate of drug-likeness (QED) is 0.128. The number of aromatic nitrogens is 1. The molecular weight excluding hydrogens is 865 g/mol. The summed E-state index contributed by atoms with van der Waals surface area (Å²) in [4.78, 5) is 29.7. The zero-order valence-corrected chi connectivity index (χ0v) is 32.1. The largest absolute Gasteiger partial charge is 0.417 e. The Kier molecular flexibility index (Phi) is 9.58. The molecule has 16 heteroatoms. The number of rotatable bonds is 5. The van der Waals surface area contributed by atoms with Gasteiger partial charge in [-0.15, -0.1) is 0 Å². The number of benzene rings is 7. The summed E-state index contributed by atoms with van der Waals surface area (Å²) in [6.07, 6.45) is -21.2. The first kappa shape index (κ1) is 42.0. The van der Waals surface area contributed by atoms with Gasteiger partial charge in [0, 0.05) is 21.9 Å². The second kappa shape index (κ2) is 14.6. The van der Waals surface area contributed by atoms with Gasteiger partial charge in [0.15, 0.2) is 0 Å². The van der Waals surface area contributed by atoms with Gasteiger partial charge in [-0.2, -0.15) is 52.7 Å². The number of nitrogens with zero attached hydrogens (tertiary/aromatic N) is 2. The minimum atomic E-state index is -5.39. The minimum Gasteiger partial charge on any atom is -0.307 e. The molecule has 0 atom stereocenters. The maximum atomic E-state index is 14.8. The van der Waals surface area contributed by atoms with E-state index in [4.69, 9.17) is 0 Å². The Balaban J connectivity index is 1.37. The normalized spacial score (nSPS) is 13.7. The molecule has 1 aliphatic rings. The molecular formula is C48H24F12N2O2. The first-order chi connectivity index (χ1) is 30.1.